The molecule has 0 aliphatic carbocycles. The van der Waals surface area contributed by atoms with Gasteiger partial charge < -0.3 is 30.5 Å². The van der Waals surface area contributed by atoms with Crippen molar-refractivity contribution in [2.24, 2.45) is 0 Å². The summed E-state index contributed by atoms with van der Waals surface area (Å²) in [5.41, 5.74) is 0.110. The summed E-state index contributed by atoms with van der Waals surface area (Å²) in [5, 5.41) is 40.7. The number of carboxylic acid groups (broad SMARTS) is 1. The minimum Gasteiger partial charge on any atom is -0.475 e. The Hall–Kier alpha value is -2.93. The van der Waals surface area contributed by atoms with Crippen LogP contribution in [-0.4, -0.2) is 71.4 Å². The molecule has 0 unspecified atom stereocenters. The monoisotopic (exact) mass is 456 g/mol. The second-order valence-corrected chi connectivity index (χ2v) is 8.60. The van der Waals surface area contributed by atoms with Gasteiger partial charge in [-0.1, -0.05) is 30.3 Å². The van der Waals surface area contributed by atoms with E-state index in [1.165, 1.54) is 0 Å². The summed E-state index contributed by atoms with van der Waals surface area (Å²) in [4.78, 5) is 23.1. The predicted octanol–water partition coefficient (Wildman–Crippen LogP) is -1.42. The van der Waals surface area contributed by atoms with Gasteiger partial charge >= 0.3 is 5.97 Å². The number of carbonyl (C=O) groups is 2. The predicted molar refractivity (Wildman–Crippen MR) is 108 cm³/mol. The van der Waals surface area contributed by atoms with Gasteiger partial charge in [-0.25, -0.2) is 13.2 Å². The topological polar surface area (TPSA) is 182 Å². The molecule has 1 aliphatic heterocycles. The van der Waals surface area contributed by atoms with E-state index in [2.05, 4.69) is 10.0 Å². The Labute approximate surface area is 178 Å². The van der Waals surface area contributed by atoms with Crippen molar-refractivity contribution in [3.05, 3.63) is 59.1 Å². The van der Waals surface area contributed by atoms with E-state index < -0.39 is 52.6 Å². The van der Waals surface area contributed by atoms with E-state index in [9.17, 15) is 33.3 Å². The number of aliphatic hydroxyl groups excluding tert-OH is 3. The third kappa shape index (κ3) is 6.79. The van der Waals surface area contributed by atoms with Crippen LogP contribution in [0.1, 0.15) is 12.5 Å². The Morgan fingerprint density at radius 1 is 1.19 bits per heavy atom. The quantitative estimate of drug-likeness (QED) is 0.246. The van der Waals surface area contributed by atoms with Crippen molar-refractivity contribution in [1.29, 1.82) is 0 Å². The number of carbonyl (C=O) groups excluding carboxylic acids is 1. The van der Waals surface area contributed by atoms with Gasteiger partial charge in [0.1, 0.15) is 12.2 Å². The number of hydrogen-bond donors (Lipinski definition) is 6. The van der Waals surface area contributed by atoms with Gasteiger partial charge in [-0.2, -0.15) is 0 Å². The zero-order valence-corrected chi connectivity index (χ0v) is 17.4. The highest BCUT2D eigenvalue weighted by atomic mass is 32.2. The zero-order valence-electron chi connectivity index (χ0n) is 16.6. The lowest BCUT2D eigenvalue weighted by atomic mass is 10.0. The van der Waals surface area contributed by atoms with E-state index in [4.69, 9.17) is 9.84 Å². The summed E-state index contributed by atoms with van der Waals surface area (Å²) in [6, 6.07) is 8.79. The van der Waals surface area contributed by atoms with Gasteiger partial charge in [0, 0.05) is 13.0 Å². The molecule has 1 heterocycles. The lowest BCUT2D eigenvalue weighted by molar-refractivity contribution is -0.140. The van der Waals surface area contributed by atoms with Crippen LogP contribution in [0.15, 0.2) is 53.6 Å². The molecule has 0 bridgehead atoms. The molecule has 0 aromatic heterocycles. The molecule has 1 aromatic rings. The highest BCUT2D eigenvalue weighted by molar-refractivity contribution is 7.89. The SMILES string of the molecule is CC(=O)NC1=C(NS(=O)(=O)CCc2ccccc2)C=C(C(=O)O)O[C@H]1[C@H](O)[C@H](O)CO. The Bertz CT molecular complexity index is 973. The molecule has 1 aliphatic rings. The molecule has 6 N–H and O–H groups in total. The smallest absolute Gasteiger partial charge is 0.371 e. The summed E-state index contributed by atoms with van der Waals surface area (Å²) in [6.07, 6.45) is -4.28. The molecule has 0 spiro atoms. The van der Waals surface area contributed by atoms with Crippen molar-refractivity contribution in [3.8, 4) is 0 Å². The fourth-order valence-corrected chi connectivity index (χ4v) is 3.89. The number of sulfonamides is 1. The first kappa shape index (κ1) is 24.3. The first-order valence-corrected chi connectivity index (χ1v) is 10.8. The number of hydrogen-bond acceptors (Lipinski definition) is 8. The Morgan fingerprint density at radius 2 is 1.84 bits per heavy atom. The van der Waals surface area contributed by atoms with Gasteiger partial charge in [0.25, 0.3) is 0 Å². The largest absolute Gasteiger partial charge is 0.475 e. The number of rotatable bonds is 10. The lowest BCUT2D eigenvalue weighted by Crippen LogP contribution is -2.49. The van der Waals surface area contributed by atoms with E-state index in [1.54, 1.807) is 30.3 Å². The van der Waals surface area contributed by atoms with E-state index in [0.717, 1.165) is 18.6 Å². The van der Waals surface area contributed by atoms with Crippen LogP contribution in [0.25, 0.3) is 0 Å². The molecule has 11 nitrogen and oxygen atoms in total. The number of aryl methyl sites for hydroxylation is 1. The van der Waals surface area contributed by atoms with Gasteiger partial charge in [-0.05, 0) is 12.0 Å². The normalized spacial score (nSPS) is 18.5. The molecular formula is C19H24N2O9S. The number of aliphatic hydroxyl groups is 3. The second kappa shape index (κ2) is 10.4. The van der Waals surface area contributed by atoms with Crippen LogP contribution in [0.2, 0.25) is 0 Å². The van der Waals surface area contributed by atoms with Crippen molar-refractivity contribution in [3.63, 3.8) is 0 Å². The standard InChI is InChI=1S/C19H24N2O9S/c1-11(23)20-16-13(21-31(28,29)8-7-12-5-3-2-4-6-12)9-15(19(26)27)30-18(16)17(25)14(24)10-22/h2-6,9,14,17-18,21-22,24-25H,7-8,10H2,1H3,(H,20,23)(H,26,27)/t14-,17-,18-/m1/s1. The molecule has 0 fully saturated rings. The maximum Gasteiger partial charge on any atom is 0.371 e. The maximum absolute atomic E-state index is 12.6. The van der Waals surface area contributed by atoms with E-state index in [1.807, 2.05) is 0 Å². The third-order valence-electron chi connectivity index (χ3n) is 4.28. The Balaban J connectivity index is 2.41. The molecule has 0 saturated heterocycles. The number of nitrogens with one attached hydrogen (secondary N) is 2. The fourth-order valence-electron chi connectivity index (χ4n) is 2.78. The molecular weight excluding hydrogens is 432 g/mol. The van der Waals surface area contributed by atoms with E-state index >= 15 is 0 Å². The van der Waals surface area contributed by atoms with Gasteiger partial charge in [-0.3, -0.25) is 9.52 Å². The molecule has 1 aromatic carbocycles. The van der Waals surface area contributed by atoms with Crippen molar-refractivity contribution in [2.75, 3.05) is 12.4 Å². The molecule has 1 amide bonds. The second-order valence-electron chi connectivity index (χ2n) is 6.76. The molecule has 3 atom stereocenters. The van der Waals surface area contributed by atoms with Crippen LogP contribution in [0, 0.1) is 0 Å². The maximum atomic E-state index is 12.6. The minimum absolute atomic E-state index is 0.167. The summed E-state index contributed by atoms with van der Waals surface area (Å²) < 4.78 is 32.6. The van der Waals surface area contributed by atoms with Crippen LogP contribution in [-0.2, 0) is 30.8 Å². The van der Waals surface area contributed by atoms with Gasteiger partial charge in [0.05, 0.1) is 23.8 Å². The van der Waals surface area contributed by atoms with Gasteiger partial charge in [-0.15, -0.1) is 0 Å². The molecule has 12 heteroatoms. The van der Waals surface area contributed by atoms with E-state index in [-0.39, 0.29) is 23.6 Å². The minimum atomic E-state index is -4.02. The molecule has 0 radical (unpaired) electrons. The first-order valence-electron chi connectivity index (χ1n) is 9.19. The lowest BCUT2D eigenvalue weighted by Gasteiger charge is -2.33. The van der Waals surface area contributed by atoms with Crippen molar-refractivity contribution in [1.82, 2.24) is 10.0 Å². The van der Waals surface area contributed by atoms with Crippen molar-refractivity contribution in [2.45, 2.75) is 31.7 Å². The van der Waals surface area contributed by atoms with Crippen LogP contribution < -0.4 is 10.0 Å². The number of ether oxygens (including phenoxy) is 1. The summed E-state index contributed by atoms with van der Waals surface area (Å²) >= 11 is 0. The zero-order chi connectivity index (χ0) is 23.2. The summed E-state index contributed by atoms with van der Waals surface area (Å²) in [6.45, 7) is 0.218. The summed E-state index contributed by atoms with van der Waals surface area (Å²) in [7, 11) is -4.02. The molecule has 0 saturated carbocycles. The number of carboxylic acids is 1. The highest BCUT2D eigenvalue weighted by Gasteiger charge is 2.38. The average molecular weight is 456 g/mol. The van der Waals surface area contributed by atoms with Gasteiger partial charge in [0.2, 0.25) is 21.7 Å². The van der Waals surface area contributed by atoms with Crippen LogP contribution >= 0.6 is 0 Å². The Kier molecular flexibility index (Phi) is 8.16. The number of benzene rings is 1. The molecule has 2 rings (SSSR count). The van der Waals surface area contributed by atoms with Crippen molar-refractivity contribution >= 4 is 21.9 Å². The number of amides is 1. The summed E-state index contributed by atoms with van der Waals surface area (Å²) in [5.74, 6) is -3.32. The number of aliphatic carboxylic acids is 1. The Morgan fingerprint density at radius 3 is 2.39 bits per heavy atom. The van der Waals surface area contributed by atoms with Gasteiger partial charge in [0.15, 0.2) is 6.10 Å². The van der Waals surface area contributed by atoms with Crippen LogP contribution in [0.4, 0.5) is 0 Å². The number of allylic oxidation sites excluding steroid dienone is 1. The van der Waals surface area contributed by atoms with Crippen LogP contribution in [0.5, 0.6) is 0 Å². The van der Waals surface area contributed by atoms with E-state index in [0.29, 0.717) is 0 Å². The molecule has 170 valence electrons. The van der Waals surface area contributed by atoms with Crippen LogP contribution in [0.3, 0.4) is 0 Å². The van der Waals surface area contributed by atoms with Crippen molar-refractivity contribution < 1.29 is 43.2 Å². The highest BCUT2D eigenvalue weighted by Crippen LogP contribution is 2.25. The third-order valence-corrected chi connectivity index (χ3v) is 5.56. The molecule has 31 heavy (non-hydrogen) atoms. The average Bonchev–Trinajstić information content (AvgIpc) is 2.72. The first-order chi connectivity index (χ1) is 14.5. The fraction of sp³-hybridized carbons (Fsp3) is 0.368.